The number of amides is 1. The number of carbonyl (C=O) groups excluding carboxylic acids is 2. The fourth-order valence-electron chi connectivity index (χ4n) is 2.96. The van der Waals surface area contributed by atoms with Crippen molar-refractivity contribution < 1.29 is 14.3 Å². The molecule has 1 N–H and O–H groups in total. The van der Waals surface area contributed by atoms with Crippen LogP contribution in [-0.2, 0) is 27.3 Å². The van der Waals surface area contributed by atoms with Gasteiger partial charge in [0.2, 0.25) is 5.91 Å². The van der Waals surface area contributed by atoms with Gasteiger partial charge in [0.25, 0.3) is 5.56 Å². The number of carbonyl (C=O) groups is 2. The molecule has 0 aliphatic rings. The van der Waals surface area contributed by atoms with E-state index in [-0.39, 0.29) is 23.9 Å². The highest BCUT2D eigenvalue weighted by Gasteiger charge is 2.23. The lowest BCUT2D eigenvalue weighted by Gasteiger charge is -2.16. The van der Waals surface area contributed by atoms with Gasteiger partial charge in [-0.05, 0) is 32.4 Å². The van der Waals surface area contributed by atoms with Gasteiger partial charge in [0.05, 0.1) is 34.9 Å². The Hall–Kier alpha value is -2.72. The third-order valence-corrected chi connectivity index (χ3v) is 6.63. The summed E-state index contributed by atoms with van der Waals surface area (Å²) < 4.78 is 6.51. The van der Waals surface area contributed by atoms with Crippen molar-refractivity contribution in [3.05, 3.63) is 45.7 Å². The van der Waals surface area contributed by atoms with Gasteiger partial charge >= 0.3 is 5.97 Å². The summed E-state index contributed by atoms with van der Waals surface area (Å²) in [5.74, 6) is -0.581. The Morgan fingerprint density at radius 1 is 1.23 bits per heavy atom. The summed E-state index contributed by atoms with van der Waals surface area (Å²) in [7, 11) is 0. The van der Waals surface area contributed by atoms with Gasteiger partial charge in [-0.15, -0.1) is 11.3 Å². The van der Waals surface area contributed by atoms with Crippen LogP contribution in [0.3, 0.4) is 0 Å². The highest BCUT2D eigenvalue weighted by molar-refractivity contribution is 8.00. The summed E-state index contributed by atoms with van der Waals surface area (Å²) in [6, 6.07) is 7.19. The Bertz CT molecular complexity index is 1140. The van der Waals surface area contributed by atoms with E-state index in [2.05, 4.69) is 15.3 Å². The normalized spacial score (nSPS) is 12.0. The molecule has 3 rings (SSSR count). The van der Waals surface area contributed by atoms with Gasteiger partial charge in [-0.3, -0.25) is 19.0 Å². The van der Waals surface area contributed by atoms with Crippen LogP contribution in [0.2, 0.25) is 0 Å². The Balaban J connectivity index is 1.76. The Labute approximate surface area is 188 Å². The number of nitrogens with zero attached hydrogens (tertiary/aromatic N) is 3. The van der Waals surface area contributed by atoms with E-state index in [9.17, 15) is 14.4 Å². The first-order chi connectivity index (χ1) is 15.0. The third kappa shape index (κ3) is 5.50. The summed E-state index contributed by atoms with van der Waals surface area (Å²) in [5, 5.41) is 5.56. The van der Waals surface area contributed by atoms with Crippen LogP contribution in [-0.4, -0.2) is 38.3 Å². The lowest BCUT2D eigenvalue weighted by atomic mass is 10.2. The van der Waals surface area contributed by atoms with Gasteiger partial charge in [-0.2, -0.15) is 0 Å². The van der Waals surface area contributed by atoms with Crippen molar-refractivity contribution >= 4 is 51.0 Å². The average molecular weight is 461 g/mol. The molecule has 2 aromatic heterocycles. The molecule has 10 heteroatoms. The molecule has 0 saturated heterocycles. The third-order valence-electron chi connectivity index (χ3n) is 4.47. The fourth-order valence-corrected chi connectivity index (χ4v) is 4.75. The number of ether oxygens (including phenoxy) is 1. The molecule has 0 aliphatic heterocycles. The van der Waals surface area contributed by atoms with Crippen LogP contribution in [0.5, 0.6) is 0 Å². The van der Waals surface area contributed by atoms with Crippen molar-refractivity contribution in [3.8, 4) is 0 Å². The van der Waals surface area contributed by atoms with E-state index in [1.54, 1.807) is 29.0 Å². The second-order valence-electron chi connectivity index (χ2n) is 6.59. The monoisotopic (exact) mass is 460 g/mol. The summed E-state index contributed by atoms with van der Waals surface area (Å²) in [6.45, 7) is 6.30. The largest absolute Gasteiger partial charge is 0.466 e. The van der Waals surface area contributed by atoms with Crippen LogP contribution in [0.25, 0.3) is 10.9 Å². The number of thioether (sulfide) groups is 1. The first-order valence-electron chi connectivity index (χ1n) is 10.0. The molecule has 1 aromatic carbocycles. The molecule has 1 atom stereocenters. The molecular weight excluding hydrogens is 436 g/mol. The van der Waals surface area contributed by atoms with E-state index in [4.69, 9.17) is 4.74 Å². The van der Waals surface area contributed by atoms with Crippen molar-refractivity contribution in [2.75, 3.05) is 11.9 Å². The second-order valence-corrected chi connectivity index (χ2v) is 8.62. The van der Waals surface area contributed by atoms with E-state index in [1.807, 2.05) is 26.0 Å². The van der Waals surface area contributed by atoms with E-state index in [1.165, 1.54) is 23.1 Å². The minimum absolute atomic E-state index is 0.0654. The van der Waals surface area contributed by atoms with Gasteiger partial charge in [0.15, 0.2) is 10.3 Å². The molecular formula is C21H24N4O4S2. The van der Waals surface area contributed by atoms with Crippen LogP contribution in [0.4, 0.5) is 5.13 Å². The van der Waals surface area contributed by atoms with Gasteiger partial charge in [0, 0.05) is 11.9 Å². The summed E-state index contributed by atoms with van der Waals surface area (Å²) in [6.07, 6.45) is 0.611. The molecule has 0 fully saturated rings. The zero-order chi connectivity index (χ0) is 22.4. The number of esters is 1. The number of benzene rings is 1. The Morgan fingerprint density at radius 3 is 2.71 bits per heavy atom. The van der Waals surface area contributed by atoms with Crippen LogP contribution in [0.1, 0.15) is 32.9 Å². The lowest BCUT2D eigenvalue weighted by molar-refractivity contribution is -0.142. The molecule has 1 unspecified atom stereocenters. The van der Waals surface area contributed by atoms with E-state index >= 15 is 0 Å². The van der Waals surface area contributed by atoms with Crippen LogP contribution < -0.4 is 10.9 Å². The number of aromatic nitrogens is 3. The maximum atomic E-state index is 12.9. The van der Waals surface area contributed by atoms with Crippen molar-refractivity contribution in [3.63, 3.8) is 0 Å². The van der Waals surface area contributed by atoms with Gasteiger partial charge in [-0.1, -0.05) is 30.8 Å². The van der Waals surface area contributed by atoms with E-state index in [0.717, 1.165) is 0 Å². The Kier molecular flexibility index (Phi) is 7.80. The minimum Gasteiger partial charge on any atom is -0.466 e. The number of hydrogen-bond acceptors (Lipinski definition) is 8. The fraction of sp³-hybridized carbons (Fsp3) is 0.381. The average Bonchev–Trinajstić information content (AvgIpc) is 3.18. The van der Waals surface area contributed by atoms with E-state index < -0.39 is 5.25 Å². The van der Waals surface area contributed by atoms with Gasteiger partial charge < -0.3 is 10.1 Å². The maximum Gasteiger partial charge on any atom is 0.311 e. The first kappa shape index (κ1) is 23.0. The molecule has 0 spiro atoms. The van der Waals surface area contributed by atoms with Gasteiger partial charge in [-0.25, -0.2) is 9.97 Å². The summed E-state index contributed by atoms with van der Waals surface area (Å²) >= 11 is 2.52. The van der Waals surface area contributed by atoms with Crippen LogP contribution in [0.15, 0.2) is 39.6 Å². The topological polar surface area (TPSA) is 103 Å². The van der Waals surface area contributed by atoms with Crippen molar-refractivity contribution in [2.45, 2.75) is 50.6 Å². The number of thiazole rings is 1. The first-order valence-corrected chi connectivity index (χ1v) is 11.8. The number of para-hydroxylation sites is 1. The molecule has 164 valence electrons. The van der Waals surface area contributed by atoms with Crippen molar-refractivity contribution in [1.29, 1.82) is 0 Å². The summed E-state index contributed by atoms with van der Waals surface area (Å²) in [5.41, 5.74) is 1.04. The molecule has 3 aromatic rings. The Morgan fingerprint density at radius 2 is 2.00 bits per heavy atom. The maximum absolute atomic E-state index is 12.9. The van der Waals surface area contributed by atoms with Crippen molar-refractivity contribution in [2.24, 2.45) is 0 Å². The molecule has 8 nitrogen and oxygen atoms in total. The SMILES string of the molecule is CCOC(=O)Cc1csc(NC(=O)C(CC)Sc2nc3ccccc3c(=O)n2CC)n1. The highest BCUT2D eigenvalue weighted by atomic mass is 32.2. The quantitative estimate of drug-likeness (QED) is 0.296. The van der Waals surface area contributed by atoms with Gasteiger partial charge in [0.1, 0.15) is 0 Å². The molecule has 1 amide bonds. The smallest absolute Gasteiger partial charge is 0.311 e. The standard InChI is InChI=1S/C21H24N4O4S2/c1-4-16(18(27)24-20-22-13(12-30-20)11-17(26)29-6-3)31-21-23-15-10-8-7-9-14(15)19(28)25(21)5-2/h7-10,12,16H,4-6,11H2,1-3H3,(H,22,24,27). The zero-order valence-electron chi connectivity index (χ0n) is 17.6. The van der Waals surface area contributed by atoms with Crippen molar-refractivity contribution in [1.82, 2.24) is 14.5 Å². The molecule has 0 bridgehead atoms. The van der Waals surface area contributed by atoms with Crippen LogP contribution >= 0.6 is 23.1 Å². The minimum atomic E-state index is -0.455. The molecule has 0 aliphatic carbocycles. The predicted octanol–water partition coefficient (Wildman–Crippen LogP) is 3.49. The number of hydrogen-bond donors (Lipinski definition) is 1. The second kappa shape index (κ2) is 10.5. The lowest BCUT2D eigenvalue weighted by Crippen LogP contribution is -2.28. The number of rotatable bonds is 9. The predicted molar refractivity (Wildman–Crippen MR) is 123 cm³/mol. The molecule has 0 radical (unpaired) electrons. The molecule has 2 heterocycles. The summed E-state index contributed by atoms with van der Waals surface area (Å²) in [4.78, 5) is 46.2. The van der Waals surface area contributed by atoms with Crippen LogP contribution in [0, 0.1) is 0 Å². The zero-order valence-corrected chi connectivity index (χ0v) is 19.2. The van der Waals surface area contributed by atoms with E-state index in [0.29, 0.717) is 46.5 Å². The molecule has 31 heavy (non-hydrogen) atoms. The number of fused-ring (bicyclic) bond motifs is 1. The number of anilines is 1. The highest BCUT2D eigenvalue weighted by Crippen LogP contribution is 2.26. The number of nitrogens with one attached hydrogen (secondary N) is 1. The molecule has 0 saturated carbocycles.